The van der Waals surface area contributed by atoms with Gasteiger partial charge in [-0.3, -0.25) is 0 Å². The van der Waals surface area contributed by atoms with Crippen molar-refractivity contribution in [1.82, 2.24) is 0 Å². The Morgan fingerprint density at radius 1 is 1.37 bits per heavy atom. The summed E-state index contributed by atoms with van der Waals surface area (Å²) < 4.78 is 27.6. The van der Waals surface area contributed by atoms with E-state index in [1.165, 1.54) is 6.26 Å². The number of thioether (sulfide) groups is 1. The third-order valence-corrected chi connectivity index (χ3v) is 4.81. The van der Waals surface area contributed by atoms with E-state index in [9.17, 15) is 8.42 Å². The van der Waals surface area contributed by atoms with Crippen LogP contribution in [0, 0.1) is 0 Å². The molecule has 0 aliphatic rings. The van der Waals surface area contributed by atoms with Gasteiger partial charge in [-0.15, -0.1) is 0 Å². The van der Waals surface area contributed by atoms with Crippen molar-refractivity contribution in [2.75, 3.05) is 30.1 Å². The van der Waals surface area contributed by atoms with Crippen LogP contribution in [0.5, 0.6) is 5.75 Å². The van der Waals surface area contributed by atoms with Crippen LogP contribution in [-0.2, 0) is 9.84 Å². The maximum atomic E-state index is 11.0. The zero-order chi connectivity index (χ0) is 14.3. The van der Waals surface area contributed by atoms with Crippen molar-refractivity contribution in [3.05, 3.63) is 29.8 Å². The molecule has 0 fully saturated rings. The first-order chi connectivity index (χ1) is 8.94. The van der Waals surface area contributed by atoms with E-state index in [1.54, 1.807) is 11.8 Å². The lowest BCUT2D eigenvalue weighted by atomic mass is 10.1. The van der Waals surface area contributed by atoms with Gasteiger partial charge in [0.15, 0.2) is 0 Å². The molecule has 1 unspecified atom stereocenters. The third-order valence-electron chi connectivity index (χ3n) is 2.51. The van der Waals surface area contributed by atoms with Gasteiger partial charge in [-0.05, 0) is 13.0 Å². The standard InChI is InChI=1S/C13H21NO3S2/c1-3-17-13-7-5-4-6-11(13)12(14)10-18-8-9-19(2,15)16/h4-7,12H,3,8-10,14H2,1-2H3. The number of hydrogen-bond donors (Lipinski definition) is 1. The monoisotopic (exact) mass is 303 g/mol. The zero-order valence-corrected chi connectivity index (χ0v) is 13.0. The van der Waals surface area contributed by atoms with E-state index in [0.717, 1.165) is 11.3 Å². The van der Waals surface area contributed by atoms with Crippen molar-refractivity contribution >= 4 is 21.6 Å². The van der Waals surface area contributed by atoms with E-state index >= 15 is 0 Å². The quantitative estimate of drug-likeness (QED) is 0.742. The van der Waals surface area contributed by atoms with Crippen LogP contribution in [0.1, 0.15) is 18.5 Å². The Morgan fingerprint density at radius 3 is 2.68 bits per heavy atom. The maximum Gasteiger partial charge on any atom is 0.148 e. The molecule has 2 N–H and O–H groups in total. The summed E-state index contributed by atoms with van der Waals surface area (Å²) >= 11 is 1.55. The van der Waals surface area contributed by atoms with Crippen molar-refractivity contribution in [3.63, 3.8) is 0 Å². The number of sulfone groups is 1. The smallest absolute Gasteiger partial charge is 0.148 e. The first-order valence-electron chi connectivity index (χ1n) is 6.17. The van der Waals surface area contributed by atoms with Crippen LogP contribution in [0.3, 0.4) is 0 Å². The molecule has 0 aliphatic carbocycles. The van der Waals surface area contributed by atoms with Crippen LogP contribution in [0.15, 0.2) is 24.3 Å². The average Bonchev–Trinajstić information content (AvgIpc) is 2.34. The minimum atomic E-state index is -2.89. The van der Waals surface area contributed by atoms with Crippen LogP contribution in [-0.4, -0.2) is 38.5 Å². The zero-order valence-electron chi connectivity index (χ0n) is 11.3. The third kappa shape index (κ3) is 6.31. The van der Waals surface area contributed by atoms with Gasteiger partial charge in [0.1, 0.15) is 15.6 Å². The molecule has 1 aromatic rings. The first kappa shape index (κ1) is 16.3. The molecule has 108 valence electrons. The molecule has 1 rings (SSSR count). The van der Waals surface area contributed by atoms with Gasteiger partial charge in [0.25, 0.3) is 0 Å². The van der Waals surface area contributed by atoms with Crippen LogP contribution < -0.4 is 10.5 Å². The second-order valence-electron chi connectivity index (χ2n) is 4.28. The van der Waals surface area contributed by atoms with Gasteiger partial charge in [0.05, 0.1) is 12.4 Å². The lowest BCUT2D eigenvalue weighted by Gasteiger charge is -2.16. The summed E-state index contributed by atoms with van der Waals surface area (Å²) in [6, 6.07) is 7.55. The highest BCUT2D eigenvalue weighted by Crippen LogP contribution is 2.25. The fraction of sp³-hybridized carbons (Fsp3) is 0.538. The molecule has 0 radical (unpaired) electrons. The topological polar surface area (TPSA) is 69.4 Å². The van der Waals surface area contributed by atoms with Gasteiger partial charge in [0.2, 0.25) is 0 Å². The van der Waals surface area contributed by atoms with Gasteiger partial charge >= 0.3 is 0 Å². The van der Waals surface area contributed by atoms with E-state index < -0.39 is 9.84 Å². The predicted octanol–water partition coefficient (Wildman–Crippen LogP) is 1.86. The molecule has 1 aromatic carbocycles. The normalized spacial score (nSPS) is 13.2. The molecule has 19 heavy (non-hydrogen) atoms. The molecule has 0 heterocycles. The van der Waals surface area contributed by atoms with E-state index in [2.05, 4.69) is 0 Å². The second-order valence-corrected chi connectivity index (χ2v) is 7.69. The molecular weight excluding hydrogens is 282 g/mol. The summed E-state index contributed by atoms with van der Waals surface area (Å²) in [5.41, 5.74) is 7.09. The van der Waals surface area contributed by atoms with Crippen molar-refractivity contribution in [2.45, 2.75) is 13.0 Å². The molecular formula is C13H21NO3S2. The van der Waals surface area contributed by atoms with E-state index in [0.29, 0.717) is 18.1 Å². The van der Waals surface area contributed by atoms with Crippen LogP contribution in [0.2, 0.25) is 0 Å². The number of nitrogens with two attached hydrogens (primary N) is 1. The highest BCUT2D eigenvalue weighted by molar-refractivity contribution is 8.00. The molecule has 0 aliphatic heterocycles. The predicted molar refractivity (Wildman–Crippen MR) is 81.6 cm³/mol. The van der Waals surface area contributed by atoms with E-state index in [-0.39, 0.29) is 11.8 Å². The summed E-state index contributed by atoms with van der Waals surface area (Å²) in [5.74, 6) is 2.25. The van der Waals surface area contributed by atoms with Crippen molar-refractivity contribution in [1.29, 1.82) is 0 Å². The van der Waals surface area contributed by atoms with Gasteiger partial charge in [-0.2, -0.15) is 11.8 Å². The summed E-state index contributed by atoms with van der Waals surface area (Å²) in [6.07, 6.45) is 1.25. The number of ether oxygens (including phenoxy) is 1. The van der Waals surface area contributed by atoms with Crippen LogP contribution in [0.25, 0.3) is 0 Å². The fourth-order valence-electron chi connectivity index (χ4n) is 1.58. The molecule has 0 spiro atoms. The molecule has 0 bridgehead atoms. The largest absolute Gasteiger partial charge is 0.494 e. The molecule has 0 saturated heterocycles. The number of benzene rings is 1. The van der Waals surface area contributed by atoms with Crippen molar-refractivity contribution < 1.29 is 13.2 Å². The Labute approximate surface area is 119 Å². The molecule has 4 nitrogen and oxygen atoms in total. The average molecular weight is 303 g/mol. The van der Waals surface area contributed by atoms with Crippen LogP contribution in [0.4, 0.5) is 0 Å². The van der Waals surface area contributed by atoms with E-state index in [4.69, 9.17) is 10.5 Å². The minimum Gasteiger partial charge on any atom is -0.494 e. The molecule has 0 amide bonds. The summed E-state index contributed by atoms with van der Waals surface area (Å²) in [6.45, 7) is 2.54. The van der Waals surface area contributed by atoms with Gasteiger partial charge < -0.3 is 10.5 Å². The SMILES string of the molecule is CCOc1ccccc1C(N)CSCCS(C)(=O)=O. The Balaban J connectivity index is 2.51. The lowest BCUT2D eigenvalue weighted by Crippen LogP contribution is -2.16. The van der Waals surface area contributed by atoms with Crippen molar-refractivity contribution in [2.24, 2.45) is 5.73 Å². The van der Waals surface area contributed by atoms with Gasteiger partial charge in [-0.1, -0.05) is 18.2 Å². The Bertz CT molecular complexity index is 488. The highest BCUT2D eigenvalue weighted by atomic mass is 32.2. The number of rotatable bonds is 8. The fourth-order valence-corrected chi connectivity index (χ4v) is 3.87. The Hall–Kier alpha value is -0.720. The summed E-state index contributed by atoms with van der Waals surface area (Å²) in [7, 11) is -2.89. The first-order valence-corrected chi connectivity index (χ1v) is 9.38. The second kappa shape index (κ2) is 7.77. The Kier molecular flexibility index (Phi) is 6.68. The highest BCUT2D eigenvalue weighted by Gasteiger charge is 2.12. The van der Waals surface area contributed by atoms with E-state index in [1.807, 2.05) is 31.2 Å². The molecule has 6 heteroatoms. The minimum absolute atomic E-state index is 0.146. The lowest BCUT2D eigenvalue weighted by molar-refractivity contribution is 0.335. The number of para-hydroxylation sites is 1. The summed E-state index contributed by atoms with van der Waals surface area (Å²) in [5, 5.41) is 0. The van der Waals surface area contributed by atoms with Crippen molar-refractivity contribution in [3.8, 4) is 5.75 Å². The van der Waals surface area contributed by atoms with Crippen LogP contribution >= 0.6 is 11.8 Å². The summed E-state index contributed by atoms with van der Waals surface area (Å²) in [4.78, 5) is 0. The number of hydrogen-bond acceptors (Lipinski definition) is 5. The molecule has 0 saturated carbocycles. The molecule has 0 aromatic heterocycles. The van der Waals surface area contributed by atoms with Gasteiger partial charge in [0, 0.05) is 29.4 Å². The maximum absolute atomic E-state index is 11.0. The Morgan fingerprint density at radius 2 is 2.05 bits per heavy atom. The van der Waals surface area contributed by atoms with Gasteiger partial charge in [-0.25, -0.2) is 8.42 Å². The molecule has 1 atom stereocenters.